The highest BCUT2D eigenvalue weighted by atomic mass is 79.9. The average molecular weight is 188 g/mol. The molecule has 1 aromatic heterocycles. The van der Waals surface area contributed by atoms with E-state index < -0.39 is 0 Å². The van der Waals surface area contributed by atoms with E-state index in [0.717, 1.165) is 0 Å². The van der Waals surface area contributed by atoms with Gasteiger partial charge in [0.2, 0.25) is 0 Å². The third-order valence-electron chi connectivity index (χ3n) is 1.06. The first-order chi connectivity index (χ1) is 4.22. The fraction of sp³-hybridized carbons (Fsp3) is 0.167. The molecule has 3 heteroatoms. The Balaban J connectivity index is 3.25. The molecule has 1 aromatic rings. The second kappa shape index (κ2) is 2.35. The average Bonchev–Trinajstić information content (AvgIpc) is 1.83. The molecule has 0 aliphatic rings. The summed E-state index contributed by atoms with van der Waals surface area (Å²) in [4.78, 5) is 3.86. The zero-order valence-corrected chi connectivity index (χ0v) is 6.51. The van der Waals surface area contributed by atoms with Gasteiger partial charge in [-0.25, -0.2) is 0 Å². The first kappa shape index (κ1) is 6.55. The van der Waals surface area contributed by atoms with Crippen molar-refractivity contribution in [1.82, 2.24) is 4.98 Å². The molecule has 2 nitrogen and oxygen atoms in total. The molecule has 0 saturated heterocycles. The van der Waals surface area contributed by atoms with E-state index in [9.17, 15) is 0 Å². The van der Waals surface area contributed by atoms with Crippen LogP contribution in [0.15, 0.2) is 16.7 Å². The minimum Gasteiger partial charge on any atom is -0.505 e. The van der Waals surface area contributed by atoms with Gasteiger partial charge in [0.05, 0.1) is 10.2 Å². The number of halogens is 1. The second-order valence-corrected chi connectivity index (χ2v) is 2.58. The monoisotopic (exact) mass is 187 g/mol. The summed E-state index contributed by atoms with van der Waals surface area (Å²) in [5, 5.41) is 9.10. The van der Waals surface area contributed by atoms with Crippen molar-refractivity contribution in [1.29, 1.82) is 0 Å². The summed E-state index contributed by atoms with van der Waals surface area (Å²) in [5.41, 5.74) is 0.643. The Morgan fingerprint density at radius 1 is 1.67 bits per heavy atom. The van der Waals surface area contributed by atoms with E-state index in [1.165, 1.54) is 0 Å². The maximum absolute atomic E-state index is 9.10. The molecule has 0 radical (unpaired) electrons. The Hall–Kier alpha value is -0.570. The highest BCUT2D eigenvalue weighted by molar-refractivity contribution is 9.10. The molecule has 48 valence electrons. The van der Waals surface area contributed by atoms with E-state index in [2.05, 4.69) is 20.9 Å². The summed E-state index contributed by atoms with van der Waals surface area (Å²) in [6, 6.07) is 1.70. The van der Waals surface area contributed by atoms with Gasteiger partial charge >= 0.3 is 0 Å². The van der Waals surface area contributed by atoms with Crippen molar-refractivity contribution >= 4 is 15.9 Å². The number of aromatic nitrogens is 1. The third-order valence-corrected chi connectivity index (χ3v) is 1.70. The van der Waals surface area contributed by atoms with Crippen LogP contribution in [0, 0.1) is 6.92 Å². The van der Waals surface area contributed by atoms with Crippen LogP contribution in [-0.4, -0.2) is 10.1 Å². The van der Waals surface area contributed by atoms with E-state index in [1.54, 1.807) is 19.2 Å². The molecule has 0 unspecified atom stereocenters. The van der Waals surface area contributed by atoms with Gasteiger partial charge in [0.25, 0.3) is 0 Å². The highest BCUT2D eigenvalue weighted by Crippen LogP contribution is 2.24. The van der Waals surface area contributed by atoms with E-state index in [4.69, 9.17) is 5.11 Å². The van der Waals surface area contributed by atoms with Crippen LogP contribution >= 0.6 is 15.9 Å². The van der Waals surface area contributed by atoms with Crippen molar-refractivity contribution in [3.8, 4) is 5.75 Å². The Morgan fingerprint density at radius 2 is 2.33 bits per heavy atom. The number of rotatable bonds is 0. The van der Waals surface area contributed by atoms with Gasteiger partial charge in [0.15, 0.2) is 5.75 Å². The molecule has 0 bridgehead atoms. The summed E-state index contributed by atoms with van der Waals surface area (Å²) >= 11 is 3.16. The summed E-state index contributed by atoms with van der Waals surface area (Å²) < 4.78 is 0.690. The summed E-state index contributed by atoms with van der Waals surface area (Å²) in [6.07, 6.45) is 1.64. The number of nitrogens with zero attached hydrogens (tertiary/aromatic N) is 1. The summed E-state index contributed by atoms with van der Waals surface area (Å²) in [7, 11) is 0. The highest BCUT2D eigenvalue weighted by Gasteiger charge is 1.98. The van der Waals surface area contributed by atoms with E-state index in [0.29, 0.717) is 10.2 Å². The first-order valence-corrected chi connectivity index (χ1v) is 3.31. The van der Waals surface area contributed by atoms with Gasteiger partial charge in [-0.3, -0.25) is 4.98 Å². The van der Waals surface area contributed by atoms with E-state index in [-0.39, 0.29) is 5.75 Å². The molecule has 0 aliphatic heterocycles. The molecular weight excluding hydrogens is 182 g/mol. The standard InChI is InChI=1S/C6H6BrNO/c1-4-6(9)5(7)2-3-8-4/h2-3,9H,1H3. The predicted octanol–water partition coefficient (Wildman–Crippen LogP) is 1.86. The van der Waals surface area contributed by atoms with Crippen molar-refractivity contribution in [3.63, 3.8) is 0 Å². The Kier molecular flexibility index (Phi) is 1.71. The van der Waals surface area contributed by atoms with Crippen LogP contribution in [0.2, 0.25) is 0 Å². The van der Waals surface area contributed by atoms with Crippen LogP contribution in [-0.2, 0) is 0 Å². The number of hydrogen-bond donors (Lipinski definition) is 1. The van der Waals surface area contributed by atoms with Gasteiger partial charge in [0.1, 0.15) is 0 Å². The summed E-state index contributed by atoms with van der Waals surface area (Å²) in [6.45, 7) is 1.75. The van der Waals surface area contributed by atoms with Crippen molar-refractivity contribution in [3.05, 3.63) is 22.4 Å². The van der Waals surface area contributed by atoms with E-state index in [1.807, 2.05) is 0 Å². The topological polar surface area (TPSA) is 33.1 Å². The fourth-order valence-electron chi connectivity index (χ4n) is 0.527. The quantitative estimate of drug-likeness (QED) is 0.673. The molecule has 0 fully saturated rings. The Labute approximate surface area is 61.7 Å². The van der Waals surface area contributed by atoms with Crippen molar-refractivity contribution in [2.24, 2.45) is 0 Å². The van der Waals surface area contributed by atoms with E-state index >= 15 is 0 Å². The van der Waals surface area contributed by atoms with Crippen LogP contribution in [0.3, 0.4) is 0 Å². The largest absolute Gasteiger partial charge is 0.505 e. The molecular formula is C6H6BrNO. The van der Waals surface area contributed by atoms with Crippen LogP contribution < -0.4 is 0 Å². The molecule has 0 spiro atoms. The van der Waals surface area contributed by atoms with Crippen LogP contribution in [0.5, 0.6) is 5.75 Å². The third kappa shape index (κ3) is 1.21. The normalized spacial score (nSPS) is 9.56. The zero-order chi connectivity index (χ0) is 6.85. The number of hydrogen-bond acceptors (Lipinski definition) is 2. The maximum Gasteiger partial charge on any atom is 0.150 e. The van der Waals surface area contributed by atoms with Gasteiger partial charge < -0.3 is 5.11 Å². The second-order valence-electron chi connectivity index (χ2n) is 1.73. The maximum atomic E-state index is 9.10. The molecule has 0 aromatic carbocycles. The first-order valence-electron chi connectivity index (χ1n) is 2.52. The Bertz CT molecular complexity index is 204. The minimum absolute atomic E-state index is 0.220. The van der Waals surface area contributed by atoms with Crippen molar-refractivity contribution < 1.29 is 5.11 Å². The molecule has 1 heterocycles. The van der Waals surface area contributed by atoms with Gasteiger partial charge in [-0.15, -0.1) is 0 Å². The molecule has 0 aliphatic carbocycles. The van der Waals surface area contributed by atoms with Crippen molar-refractivity contribution in [2.75, 3.05) is 0 Å². The number of pyridine rings is 1. The van der Waals surface area contributed by atoms with Crippen LogP contribution in [0.25, 0.3) is 0 Å². The number of aromatic hydroxyl groups is 1. The van der Waals surface area contributed by atoms with Crippen LogP contribution in [0.1, 0.15) is 5.69 Å². The molecule has 0 saturated carbocycles. The van der Waals surface area contributed by atoms with Gasteiger partial charge in [0, 0.05) is 6.20 Å². The smallest absolute Gasteiger partial charge is 0.150 e. The molecule has 9 heavy (non-hydrogen) atoms. The SMILES string of the molecule is Cc1nccc(Br)c1O. The lowest BCUT2D eigenvalue weighted by molar-refractivity contribution is 0.464. The molecule has 0 amide bonds. The molecule has 0 atom stereocenters. The van der Waals surface area contributed by atoms with Gasteiger partial charge in [-0.2, -0.15) is 0 Å². The minimum atomic E-state index is 0.220. The van der Waals surface area contributed by atoms with Gasteiger partial charge in [-0.1, -0.05) is 0 Å². The molecule has 1 N–H and O–H groups in total. The lowest BCUT2D eigenvalue weighted by atomic mass is 10.3. The molecule has 1 rings (SSSR count). The summed E-state index contributed by atoms with van der Waals surface area (Å²) in [5.74, 6) is 0.220. The fourth-order valence-corrected chi connectivity index (χ4v) is 0.933. The van der Waals surface area contributed by atoms with Gasteiger partial charge in [-0.05, 0) is 28.9 Å². The van der Waals surface area contributed by atoms with Crippen LogP contribution in [0.4, 0.5) is 0 Å². The van der Waals surface area contributed by atoms with Crippen molar-refractivity contribution in [2.45, 2.75) is 6.92 Å². The number of aryl methyl sites for hydroxylation is 1. The lowest BCUT2D eigenvalue weighted by Crippen LogP contribution is -1.79. The zero-order valence-electron chi connectivity index (χ0n) is 4.93. The predicted molar refractivity (Wildman–Crippen MR) is 38.3 cm³/mol. The Morgan fingerprint density at radius 3 is 2.78 bits per heavy atom. The lowest BCUT2D eigenvalue weighted by Gasteiger charge is -1.96.